The van der Waals surface area contributed by atoms with Gasteiger partial charge < -0.3 is 5.32 Å². The van der Waals surface area contributed by atoms with Crippen LogP contribution in [0.3, 0.4) is 0 Å². The number of carbonyl (C=O) groups is 1. The van der Waals surface area contributed by atoms with Crippen molar-refractivity contribution < 1.29 is 4.79 Å². The Bertz CT molecular complexity index is 848. The molecule has 1 fully saturated rings. The first-order chi connectivity index (χ1) is 12.8. The molecule has 1 aliphatic rings. The van der Waals surface area contributed by atoms with Crippen molar-refractivity contribution in [2.24, 2.45) is 0 Å². The molecule has 1 amide bonds. The van der Waals surface area contributed by atoms with Crippen molar-refractivity contribution in [1.82, 2.24) is 30.4 Å². The Kier molecular flexibility index (Phi) is 4.70. The molecule has 1 aliphatic heterocycles. The van der Waals surface area contributed by atoms with E-state index in [0.717, 1.165) is 31.7 Å². The van der Waals surface area contributed by atoms with Gasteiger partial charge in [0, 0.05) is 31.2 Å². The lowest BCUT2D eigenvalue weighted by atomic mass is 10.1. The normalized spacial score (nSPS) is 17.3. The average molecular weight is 348 g/mol. The van der Waals surface area contributed by atoms with E-state index in [-0.39, 0.29) is 11.9 Å². The van der Waals surface area contributed by atoms with Gasteiger partial charge in [0.2, 0.25) is 0 Å². The zero-order chi connectivity index (χ0) is 17.8. The number of benzene rings is 2. The SMILES string of the molecule is O=C(NC1CCN(Cc2ccccc2)C1)c1ccc(-n2cnnn2)cc1. The fourth-order valence-electron chi connectivity index (χ4n) is 3.25. The maximum absolute atomic E-state index is 12.5. The molecule has 1 aromatic heterocycles. The number of aromatic nitrogens is 4. The summed E-state index contributed by atoms with van der Waals surface area (Å²) >= 11 is 0. The first-order valence-electron chi connectivity index (χ1n) is 8.68. The third-order valence-electron chi connectivity index (χ3n) is 4.60. The number of nitrogens with zero attached hydrogens (tertiary/aromatic N) is 5. The molecule has 0 bridgehead atoms. The van der Waals surface area contributed by atoms with Gasteiger partial charge in [-0.05, 0) is 46.7 Å². The number of hydrogen-bond donors (Lipinski definition) is 1. The number of likely N-dealkylation sites (tertiary alicyclic amines) is 1. The van der Waals surface area contributed by atoms with Crippen LogP contribution in [0.15, 0.2) is 60.9 Å². The molecule has 1 N–H and O–H groups in total. The zero-order valence-corrected chi connectivity index (χ0v) is 14.3. The fourth-order valence-corrected chi connectivity index (χ4v) is 3.25. The highest BCUT2D eigenvalue weighted by Gasteiger charge is 2.24. The maximum Gasteiger partial charge on any atom is 0.251 e. The molecule has 0 aliphatic carbocycles. The molecule has 2 heterocycles. The molecular weight excluding hydrogens is 328 g/mol. The highest BCUT2D eigenvalue weighted by Crippen LogP contribution is 2.14. The Morgan fingerprint density at radius 1 is 1.12 bits per heavy atom. The summed E-state index contributed by atoms with van der Waals surface area (Å²) in [5.41, 5.74) is 2.77. The van der Waals surface area contributed by atoms with Crippen LogP contribution < -0.4 is 5.32 Å². The van der Waals surface area contributed by atoms with E-state index >= 15 is 0 Å². The van der Waals surface area contributed by atoms with Gasteiger partial charge >= 0.3 is 0 Å². The lowest BCUT2D eigenvalue weighted by Gasteiger charge is -2.17. The molecule has 0 spiro atoms. The molecule has 1 saturated heterocycles. The first kappa shape index (κ1) is 16.4. The molecule has 2 aromatic carbocycles. The van der Waals surface area contributed by atoms with Gasteiger partial charge in [-0.25, -0.2) is 4.68 Å². The smallest absolute Gasteiger partial charge is 0.251 e. The van der Waals surface area contributed by atoms with Crippen molar-refractivity contribution in [2.75, 3.05) is 13.1 Å². The van der Waals surface area contributed by atoms with E-state index in [0.29, 0.717) is 5.56 Å². The van der Waals surface area contributed by atoms with Crippen LogP contribution in [0.25, 0.3) is 5.69 Å². The quantitative estimate of drug-likeness (QED) is 0.759. The van der Waals surface area contributed by atoms with Gasteiger partial charge in [-0.2, -0.15) is 0 Å². The Labute approximate surface area is 151 Å². The number of amides is 1. The number of tetrazole rings is 1. The van der Waals surface area contributed by atoms with Gasteiger partial charge in [0.05, 0.1) is 5.69 Å². The van der Waals surface area contributed by atoms with Crippen LogP contribution in [0.1, 0.15) is 22.3 Å². The molecule has 1 atom stereocenters. The molecular formula is C19H20N6O. The summed E-state index contributed by atoms with van der Waals surface area (Å²) in [6, 6.07) is 17.9. The summed E-state index contributed by atoms with van der Waals surface area (Å²) in [6.45, 7) is 2.80. The van der Waals surface area contributed by atoms with Gasteiger partial charge in [-0.15, -0.1) is 5.10 Å². The fraction of sp³-hybridized carbons (Fsp3) is 0.263. The molecule has 7 nitrogen and oxygen atoms in total. The van der Waals surface area contributed by atoms with Crippen LogP contribution >= 0.6 is 0 Å². The maximum atomic E-state index is 12.5. The van der Waals surface area contributed by atoms with E-state index in [1.165, 1.54) is 11.9 Å². The van der Waals surface area contributed by atoms with E-state index in [4.69, 9.17) is 0 Å². The Morgan fingerprint density at radius 3 is 2.65 bits per heavy atom. The monoisotopic (exact) mass is 348 g/mol. The summed E-state index contributed by atoms with van der Waals surface area (Å²) in [5.74, 6) is -0.0418. The van der Waals surface area contributed by atoms with Gasteiger partial charge in [0.25, 0.3) is 5.91 Å². The number of carbonyl (C=O) groups excluding carboxylic acids is 1. The molecule has 7 heteroatoms. The lowest BCUT2D eigenvalue weighted by Crippen LogP contribution is -2.37. The number of hydrogen-bond acceptors (Lipinski definition) is 5. The van der Waals surface area contributed by atoms with Gasteiger partial charge in [-0.1, -0.05) is 30.3 Å². The second kappa shape index (κ2) is 7.45. The van der Waals surface area contributed by atoms with Crippen molar-refractivity contribution >= 4 is 5.91 Å². The van der Waals surface area contributed by atoms with Crippen molar-refractivity contribution in [3.05, 3.63) is 72.1 Å². The summed E-state index contributed by atoms with van der Waals surface area (Å²) in [4.78, 5) is 14.9. The minimum absolute atomic E-state index is 0.0418. The topological polar surface area (TPSA) is 75.9 Å². The van der Waals surface area contributed by atoms with Crippen LogP contribution in [0.2, 0.25) is 0 Å². The predicted molar refractivity (Wildman–Crippen MR) is 96.7 cm³/mol. The van der Waals surface area contributed by atoms with E-state index < -0.39 is 0 Å². The minimum Gasteiger partial charge on any atom is -0.348 e. The third kappa shape index (κ3) is 3.78. The van der Waals surface area contributed by atoms with Crippen molar-refractivity contribution in [2.45, 2.75) is 19.0 Å². The van der Waals surface area contributed by atoms with Crippen molar-refractivity contribution in [3.8, 4) is 5.69 Å². The van der Waals surface area contributed by atoms with Gasteiger partial charge in [0.1, 0.15) is 6.33 Å². The summed E-state index contributed by atoms with van der Waals surface area (Å²) in [5, 5.41) is 14.2. The van der Waals surface area contributed by atoms with Crippen LogP contribution in [-0.4, -0.2) is 50.1 Å². The average Bonchev–Trinajstić information content (AvgIpc) is 3.35. The largest absolute Gasteiger partial charge is 0.348 e. The molecule has 132 valence electrons. The zero-order valence-electron chi connectivity index (χ0n) is 14.3. The van der Waals surface area contributed by atoms with E-state index in [9.17, 15) is 4.79 Å². The van der Waals surface area contributed by atoms with Crippen LogP contribution in [-0.2, 0) is 6.54 Å². The Hall–Kier alpha value is -3.06. The summed E-state index contributed by atoms with van der Waals surface area (Å²) in [7, 11) is 0. The number of nitrogens with one attached hydrogen (secondary N) is 1. The minimum atomic E-state index is -0.0418. The van der Waals surface area contributed by atoms with E-state index in [1.807, 2.05) is 18.2 Å². The highest BCUT2D eigenvalue weighted by atomic mass is 16.1. The van der Waals surface area contributed by atoms with Crippen LogP contribution in [0.4, 0.5) is 0 Å². The molecule has 3 aromatic rings. The molecule has 0 radical (unpaired) electrons. The molecule has 26 heavy (non-hydrogen) atoms. The lowest BCUT2D eigenvalue weighted by molar-refractivity contribution is 0.0937. The van der Waals surface area contributed by atoms with Gasteiger partial charge in [-0.3, -0.25) is 9.69 Å². The molecule has 0 saturated carbocycles. The summed E-state index contributed by atoms with van der Waals surface area (Å²) < 4.78 is 1.56. The highest BCUT2D eigenvalue weighted by molar-refractivity contribution is 5.94. The summed E-state index contributed by atoms with van der Waals surface area (Å²) in [6.07, 6.45) is 2.50. The van der Waals surface area contributed by atoms with E-state index in [2.05, 4.69) is 50.0 Å². The van der Waals surface area contributed by atoms with Gasteiger partial charge in [0.15, 0.2) is 0 Å². The van der Waals surface area contributed by atoms with Crippen molar-refractivity contribution in [3.63, 3.8) is 0 Å². The third-order valence-corrected chi connectivity index (χ3v) is 4.60. The Morgan fingerprint density at radius 2 is 1.92 bits per heavy atom. The second-order valence-corrected chi connectivity index (χ2v) is 6.48. The van der Waals surface area contributed by atoms with Crippen LogP contribution in [0, 0.1) is 0 Å². The molecule has 4 rings (SSSR count). The van der Waals surface area contributed by atoms with Crippen LogP contribution in [0.5, 0.6) is 0 Å². The van der Waals surface area contributed by atoms with E-state index in [1.54, 1.807) is 16.8 Å². The first-order valence-corrected chi connectivity index (χ1v) is 8.68. The number of rotatable bonds is 5. The van der Waals surface area contributed by atoms with Crippen molar-refractivity contribution in [1.29, 1.82) is 0 Å². The second-order valence-electron chi connectivity index (χ2n) is 6.48. The predicted octanol–water partition coefficient (Wildman–Crippen LogP) is 1.67. The molecule has 1 unspecified atom stereocenters. The standard InChI is InChI=1S/C19H20N6O/c26-19(16-6-8-18(9-7-16)25-14-20-22-23-25)21-17-10-11-24(13-17)12-15-4-2-1-3-5-15/h1-9,14,17H,10-13H2,(H,21,26). The Balaban J connectivity index is 1.32.